The van der Waals surface area contributed by atoms with Crippen molar-refractivity contribution in [1.29, 1.82) is 0 Å². The zero-order valence-electron chi connectivity index (χ0n) is 9.62. The molecule has 0 aliphatic heterocycles. The molecule has 1 aromatic carbocycles. The molecule has 1 aromatic heterocycles. The third kappa shape index (κ3) is 2.66. The Bertz CT molecular complexity index is 526. The minimum absolute atomic E-state index is 0.415. The number of nitrogens with zero attached hydrogens (tertiary/aromatic N) is 3. The van der Waals surface area contributed by atoms with Crippen LogP contribution in [0, 0.1) is 13.8 Å². The topological polar surface area (TPSA) is 79.1 Å². The Hall–Kier alpha value is -1.79. The maximum atomic E-state index is 9.11. The highest BCUT2D eigenvalue weighted by Gasteiger charge is 2.12. The second kappa shape index (κ2) is 4.61. The quantitative estimate of drug-likeness (QED) is 0.699. The van der Waals surface area contributed by atoms with E-state index in [1.807, 2.05) is 6.07 Å². The number of rotatable bonds is 2. The third-order valence-electron chi connectivity index (χ3n) is 2.30. The maximum absolute atomic E-state index is 9.11. The van der Waals surface area contributed by atoms with E-state index in [9.17, 15) is 0 Å². The van der Waals surface area contributed by atoms with E-state index in [1.54, 1.807) is 32.0 Å². The van der Waals surface area contributed by atoms with Crippen LogP contribution in [0.25, 0.3) is 11.4 Å². The van der Waals surface area contributed by atoms with E-state index in [4.69, 9.17) is 10.0 Å². The van der Waals surface area contributed by atoms with E-state index in [0.717, 1.165) is 5.56 Å². The van der Waals surface area contributed by atoms with Crippen LogP contribution in [0.3, 0.4) is 0 Å². The van der Waals surface area contributed by atoms with Crippen LogP contribution in [0.15, 0.2) is 24.3 Å². The predicted octanol–water partition coefficient (Wildman–Crippen LogP) is -0.165. The molecule has 1 heterocycles. The molecule has 6 heteroatoms. The Kier molecular flexibility index (Phi) is 3.17. The van der Waals surface area contributed by atoms with Crippen molar-refractivity contribution in [2.75, 3.05) is 0 Å². The Morgan fingerprint density at radius 1 is 1.00 bits per heavy atom. The average Bonchev–Trinajstić information content (AvgIpc) is 2.28. The molecule has 0 aliphatic carbocycles. The Labute approximate surface area is 99.4 Å². The van der Waals surface area contributed by atoms with Crippen molar-refractivity contribution in [3.63, 3.8) is 0 Å². The Balaban J connectivity index is 2.49. The average molecular weight is 229 g/mol. The normalized spacial score (nSPS) is 10.4. The van der Waals surface area contributed by atoms with Gasteiger partial charge >= 0.3 is 7.12 Å². The lowest BCUT2D eigenvalue weighted by Crippen LogP contribution is -2.29. The first-order valence-electron chi connectivity index (χ1n) is 5.22. The van der Waals surface area contributed by atoms with E-state index in [1.165, 1.54) is 0 Å². The van der Waals surface area contributed by atoms with Crippen LogP contribution in [-0.2, 0) is 0 Å². The second-order valence-electron chi connectivity index (χ2n) is 3.75. The molecule has 0 bridgehead atoms. The van der Waals surface area contributed by atoms with Crippen molar-refractivity contribution in [2.45, 2.75) is 13.8 Å². The highest BCUT2D eigenvalue weighted by Crippen LogP contribution is 2.13. The minimum Gasteiger partial charge on any atom is -0.423 e. The lowest BCUT2D eigenvalue weighted by atomic mass is 9.79. The van der Waals surface area contributed by atoms with Gasteiger partial charge in [0.2, 0.25) is 0 Å². The maximum Gasteiger partial charge on any atom is 0.488 e. The van der Waals surface area contributed by atoms with Gasteiger partial charge in [-0.05, 0) is 19.3 Å². The summed E-state index contributed by atoms with van der Waals surface area (Å²) in [7, 11) is -1.49. The molecule has 2 rings (SSSR count). The van der Waals surface area contributed by atoms with Crippen LogP contribution in [-0.4, -0.2) is 32.1 Å². The largest absolute Gasteiger partial charge is 0.488 e. The molecule has 86 valence electrons. The SMILES string of the molecule is Cc1nc(C)nc(-c2cccc(B(O)O)c2)n1. The van der Waals surface area contributed by atoms with Crippen molar-refractivity contribution in [2.24, 2.45) is 0 Å². The van der Waals surface area contributed by atoms with Crippen LogP contribution in [0.5, 0.6) is 0 Å². The number of hydrogen-bond acceptors (Lipinski definition) is 5. The van der Waals surface area contributed by atoms with E-state index < -0.39 is 7.12 Å². The monoisotopic (exact) mass is 229 g/mol. The molecular weight excluding hydrogens is 217 g/mol. The van der Waals surface area contributed by atoms with Crippen molar-refractivity contribution < 1.29 is 10.0 Å². The predicted molar refractivity (Wildman–Crippen MR) is 64.6 cm³/mol. The highest BCUT2D eigenvalue weighted by molar-refractivity contribution is 6.58. The zero-order chi connectivity index (χ0) is 12.4. The molecule has 2 N–H and O–H groups in total. The first-order chi connectivity index (χ1) is 8.06. The number of benzene rings is 1. The molecule has 0 fully saturated rings. The van der Waals surface area contributed by atoms with E-state index in [2.05, 4.69) is 15.0 Å². The summed E-state index contributed by atoms with van der Waals surface area (Å²) in [6, 6.07) is 6.84. The summed E-state index contributed by atoms with van der Waals surface area (Å²) in [6.07, 6.45) is 0. The summed E-state index contributed by atoms with van der Waals surface area (Å²) >= 11 is 0. The summed E-state index contributed by atoms with van der Waals surface area (Å²) in [4.78, 5) is 12.5. The van der Waals surface area contributed by atoms with E-state index in [-0.39, 0.29) is 0 Å². The third-order valence-corrected chi connectivity index (χ3v) is 2.30. The summed E-state index contributed by atoms with van der Waals surface area (Å²) in [5, 5.41) is 18.2. The van der Waals surface area contributed by atoms with Crippen molar-refractivity contribution in [1.82, 2.24) is 15.0 Å². The molecule has 17 heavy (non-hydrogen) atoms. The number of hydrogen-bond donors (Lipinski definition) is 2. The van der Waals surface area contributed by atoms with Crippen molar-refractivity contribution in [3.05, 3.63) is 35.9 Å². The van der Waals surface area contributed by atoms with Gasteiger partial charge in [0.25, 0.3) is 0 Å². The lowest BCUT2D eigenvalue weighted by molar-refractivity contribution is 0.426. The number of aromatic nitrogens is 3. The fraction of sp³-hybridized carbons (Fsp3) is 0.182. The van der Waals surface area contributed by atoms with E-state index in [0.29, 0.717) is 22.9 Å². The molecule has 0 aliphatic rings. The summed E-state index contributed by atoms with van der Waals surface area (Å²) in [6.45, 7) is 3.59. The smallest absolute Gasteiger partial charge is 0.423 e. The highest BCUT2D eigenvalue weighted by atomic mass is 16.4. The molecule has 2 aromatic rings. The minimum atomic E-state index is -1.49. The van der Waals surface area contributed by atoms with Crippen LogP contribution in [0.1, 0.15) is 11.6 Å². The fourth-order valence-corrected chi connectivity index (χ4v) is 1.58. The van der Waals surface area contributed by atoms with Gasteiger partial charge in [0, 0.05) is 5.56 Å². The van der Waals surface area contributed by atoms with Gasteiger partial charge in [0.1, 0.15) is 11.6 Å². The van der Waals surface area contributed by atoms with Crippen molar-refractivity contribution >= 4 is 12.6 Å². The van der Waals surface area contributed by atoms with Crippen LogP contribution >= 0.6 is 0 Å². The molecule has 0 saturated carbocycles. The molecular formula is C11H12BN3O2. The molecule has 5 nitrogen and oxygen atoms in total. The zero-order valence-corrected chi connectivity index (χ0v) is 9.62. The molecule has 0 atom stereocenters. The first kappa shape index (κ1) is 11.7. The van der Waals surface area contributed by atoms with Crippen LogP contribution in [0.4, 0.5) is 0 Å². The fourth-order valence-electron chi connectivity index (χ4n) is 1.58. The van der Waals surface area contributed by atoms with Gasteiger partial charge in [0.15, 0.2) is 5.82 Å². The van der Waals surface area contributed by atoms with Gasteiger partial charge in [-0.25, -0.2) is 15.0 Å². The van der Waals surface area contributed by atoms with Crippen LogP contribution < -0.4 is 5.46 Å². The van der Waals surface area contributed by atoms with E-state index >= 15 is 0 Å². The van der Waals surface area contributed by atoms with Gasteiger partial charge in [-0.3, -0.25) is 0 Å². The lowest BCUT2D eigenvalue weighted by Gasteiger charge is -2.05. The van der Waals surface area contributed by atoms with Gasteiger partial charge in [-0.15, -0.1) is 0 Å². The Morgan fingerprint density at radius 3 is 2.24 bits per heavy atom. The summed E-state index contributed by atoms with van der Waals surface area (Å²) < 4.78 is 0. The van der Waals surface area contributed by atoms with Crippen molar-refractivity contribution in [3.8, 4) is 11.4 Å². The summed E-state index contributed by atoms with van der Waals surface area (Å²) in [5.41, 5.74) is 1.16. The standard InChI is InChI=1S/C11H12BN3O2/c1-7-13-8(2)15-11(14-7)9-4-3-5-10(6-9)12(16)17/h3-6,16-17H,1-2H3. The van der Waals surface area contributed by atoms with Gasteiger partial charge in [-0.1, -0.05) is 24.3 Å². The van der Waals surface area contributed by atoms with Gasteiger partial charge in [-0.2, -0.15) is 0 Å². The molecule has 0 spiro atoms. The summed E-state index contributed by atoms with van der Waals surface area (Å²) in [5.74, 6) is 1.82. The van der Waals surface area contributed by atoms with Gasteiger partial charge < -0.3 is 10.0 Å². The van der Waals surface area contributed by atoms with Gasteiger partial charge in [0.05, 0.1) is 0 Å². The first-order valence-corrected chi connectivity index (χ1v) is 5.22. The second-order valence-corrected chi connectivity index (χ2v) is 3.75. The number of aryl methyl sites for hydroxylation is 2. The Morgan fingerprint density at radius 2 is 1.65 bits per heavy atom. The van der Waals surface area contributed by atoms with Crippen LogP contribution in [0.2, 0.25) is 0 Å². The molecule has 0 amide bonds. The molecule has 0 saturated heterocycles. The molecule has 0 unspecified atom stereocenters. The molecule has 0 radical (unpaired) electrons.